The summed E-state index contributed by atoms with van der Waals surface area (Å²) in [4.78, 5) is 6.63. The zero-order valence-electron chi connectivity index (χ0n) is 9.72. The van der Waals surface area contributed by atoms with Crippen molar-refractivity contribution in [1.82, 2.24) is 14.6 Å². The molecule has 1 aliphatic heterocycles. The number of aryl methyl sites for hydroxylation is 1. The molecule has 0 aliphatic carbocycles. The molecule has 0 spiro atoms. The summed E-state index contributed by atoms with van der Waals surface area (Å²) >= 11 is 0. The van der Waals surface area contributed by atoms with Gasteiger partial charge in [0.1, 0.15) is 5.82 Å². The molecule has 0 aromatic carbocycles. The Morgan fingerprint density at radius 3 is 3.00 bits per heavy atom. The van der Waals surface area contributed by atoms with Gasteiger partial charge in [-0.05, 0) is 31.4 Å². The Morgan fingerprint density at radius 1 is 1.38 bits per heavy atom. The SMILES string of the molecule is Cc1cnc2ccc(N3CCC(C)C3)nn12. The predicted molar refractivity (Wildman–Crippen MR) is 63.7 cm³/mol. The summed E-state index contributed by atoms with van der Waals surface area (Å²) < 4.78 is 1.92. The van der Waals surface area contributed by atoms with Gasteiger partial charge in [0.25, 0.3) is 0 Å². The number of aromatic nitrogens is 3. The van der Waals surface area contributed by atoms with Gasteiger partial charge in [0, 0.05) is 13.1 Å². The number of imidazole rings is 1. The first-order valence-electron chi connectivity index (χ1n) is 5.80. The zero-order valence-corrected chi connectivity index (χ0v) is 9.72. The highest BCUT2D eigenvalue weighted by Crippen LogP contribution is 2.21. The van der Waals surface area contributed by atoms with E-state index in [0.717, 1.165) is 36.2 Å². The van der Waals surface area contributed by atoms with E-state index in [2.05, 4.69) is 28.0 Å². The first-order chi connectivity index (χ1) is 7.74. The Balaban J connectivity index is 2.01. The lowest BCUT2D eigenvalue weighted by molar-refractivity contribution is 0.658. The Kier molecular flexibility index (Phi) is 2.09. The molecule has 1 atom stereocenters. The number of rotatable bonds is 1. The molecule has 0 N–H and O–H groups in total. The summed E-state index contributed by atoms with van der Waals surface area (Å²) in [6.45, 7) is 6.56. The van der Waals surface area contributed by atoms with Crippen LogP contribution in [-0.2, 0) is 0 Å². The normalized spacial score (nSPS) is 20.9. The first kappa shape index (κ1) is 9.63. The fraction of sp³-hybridized carbons (Fsp3) is 0.500. The second-order valence-electron chi connectivity index (χ2n) is 4.70. The van der Waals surface area contributed by atoms with Crippen LogP contribution < -0.4 is 4.90 Å². The predicted octanol–water partition coefficient (Wildman–Crippen LogP) is 1.88. The largest absolute Gasteiger partial charge is 0.355 e. The van der Waals surface area contributed by atoms with Crippen LogP contribution in [0.3, 0.4) is 0 Å². The van der Waals surface area contributed by atoms with Crippen LogP contribution in [0.25, 0.3) is 5.65 Å². The molecule has 0 amide bonds. The zero-order chi connectivity index (χ0) is 11.1. The molecule has 0 bridgehead atoms. The van der Waals surface area contributed by atoms with Gasteiger partial charge < -0.3 is 4.90 Å². The topological polar surface area (TPSA) is 33.4 Å². The van der Waals surface area contributed by atoms with Crippen molar-refractivity contribution in [3.8, 4) is 0 Å². The minimum absolute atomic E-state index is 0.779. The van der Waals surface area contributed by atoms with Crippen LogP contribution in [0, 0.1) is 12.8 Å². The standard InChI is InChI=1S/C12H16N4/c1-9-5-6-15(8-9)12-4-3-11-13-7-10(2)16(11)14-12/h3-4,7,9H,5-6,8H2,1-2H3. The molecule has 2 aromatic heterocycles. The van der Waals surface area contributed by atoms with Crippen molar-refractivity contribution in [3.05, 3.63) is 24.0 Å². The molecule has 1 unspecified atom stereocenters. The van der Waals surface area contributed by atoms with E-state index in [0.29, 0.717) is 0 Å². The third-order valence-corrected chi connectivity index (χ3v) is 3.27. The second kappa shape index (κ2) is 3.47. The summed E-state index contributed by atoms with van der Waals surface area (Å²) in [5, 5.41) is 4.63. The van der Waals surface area contributed by atoms with Gasteiger partial charge in [-0.1, -0.05) is 6.92 Å². The quantitative estimate of drug-likeness (QED) is 0.730. The fourth-order valence-electron chi connectivity index (χ4n) is 2.29. The molecule has 0 radical (unpaired) electrons. The second-order valence-corrected chi connectivity index (χ2v) is 4.70. The molecule has 4 heteroatoms. The minimum atomic E-state index is 0.779. The molecule has 16 heavy (non-hydrogen) atoms. The molecule has 3 rings (SSSR count). The van der Waals surface area contributed by atoms with Crippen molar-refractivity contribution >= 4 is 11.5 Å². The molecule has 0 saturated carbocycles. The van der Waals surface area contributed by atoms with Crippen molar-refractivity contribution in [3.63, 3.8) is 0 Å². The van der Waals surface area contributed by atoms with E-state index in [4.69, 9.17) is 0 Å². The molecular formula is C12H16N4. The molecule has 1 aliphatic rings. The van der Waals surface area contributed by atoms with Crippen LogP contribution in [0.1, 0.15) is 19.0 Å². The summed E-state index contributed by atoms with van der Waals surface area (Å²) in [5.74, 6) is 1.85. The highest BCUT2D eigenvalue weighted by molar-refractivity contribution is 5.47. The van der Waals surface area contributed by atoms with Gasteiger partial charge in [0.2, 0.25) is 0 Å². The van der Waals surface area contributed by atoms with Crippen LogP contribution in [0.15, 0.2) is 18.3 Å². The van der Waals surface area contributed by atoms with E-state index in [1.807, 2.05) is 23.7 Å². The van der Waals surface area contributed by atoms with Crippen molar-refractivity contribution < 1.29 is 0 Å². The van der Waals surface area contributed by atoms with Crippen LogP contribution in [-0.4, -0.2) is 27.7 Å². The molecule has 1 fully saturated rings. The Hall–Kier alpha value is -1.58. The van der Waals surface area contributed by atoms with Gasteiger partial charge in [0.15, 0.2) is 5.65 Å². The monoisotopic (exact) mass is 216 g/mol. The first-order valence-corrected chi connectivity index (χ1v) is 5.80. The van der Waals surface area contributed by atoms with Crippen LogP contribution in [0.2, 0.25) is 0 Å². The third-order valence-electron chi connectivity index (χ3n) is 3.27. The Morgan fingerprint density at radius 2 is 2.25 bits per heavy atom. The highest BCUT2D eigenvalue weighted by atomic mass is 15.3. The van der Waals surface area contributed by atoms with Crippen molar-refractivity contribution in [1.29, 1.82) is 0 Å². The molecular weight excluding hydrogens is 200 g/mol. The van der Waals surface area contributed by atoms with E-state index in [9.17, 15) is 0 Å². The van der Waals surface area contributed by atoms with Gasteiger partial charge in [-0.15, -0.1) is 5.10 Å². The third kappa shape index (κ3) is 1.45. The van der Waals surface area contributed by atoms with Gasteiger partial charge in [0.05, 0.1) is 11.9 Å². The maximum absolute atomic E-state index is 4.63. The number of fused-ring (bicyclic) bond motifs is 1. The number of nitrogens with zero attached hydrogens (tertiary/aromatic N) is 4. The van der Waals surface area contributed by atoms with E-state index in [1.54, 1.807) is 0 Å². The maximum atomic E-state index is 4.63. The highest BCUT2D eigenvalue weighted by Gasteiger charge is 2.20. The molecule has 4 nitrogen and oxygen atoms in total. The smallest absolute Gasteiger partial charge is 0.153 e. The molecule has 3 heterocycles. The molecule has 1 saturated heterocycles. The fourth-order valence-corrected chi connectivity index (χ4v) is 2.29. The van der Waals surface area contributed by atoms with Gasteiger partial charge in [-0.2, -0.15) is 0 Å². The lowest BCUT2D eigenvalue weighted by atomic mass is 10.2. The summed E-state index contributed by atoms with van der Waals surface area (Å²) in [6.07, 6.45) is 3.13. The summed E-state index contributed by atoms with van der Waals surface area (Å²) in [5.41, 5.74) is 2.01. The van der Waals surface area contributed by atoms with Gasteiger partial charge in [-0.3, -0.25) is 0 Å². The number of hydrogen-bond acceptors (Lipinski definition) is 3. The average Bonchev–Trinajstić information content (AvgIpc) is 2.86. The van der Waals surface area contributed by atoms with Crippen LogP contribution >= 0.6 is 0 Å². The summed E-state index contributed by atoms with van der Waals surface area (Å²) in [7, 11) is 0. The lowest BCUT2D eigenvalue weighted by Gasteiger charge is -2.16. The lowest BCUT2D eigenvalue weighted by Crippen LogP contribution is -2.21. The van der Waals surface area contributed by atoms with E-state index < -0.39 is 0 Å². The Labute approximate surface area is 94.9 Å². The Bertz CT molecular complexity index is 517. The van der Waals surface area contributed by atoms with E-state index in [1.165, 1.54) is 6.42 Å². The van der Waals surface area contributed by atoms with Crippen LogP contribution in [0.4, 0.5) is 5.82 Å². The summed E-state index contributed by atoms with van der Waals surface area (Å²) in [6, 6.07) is 4.11. The minimum Gasteiger partial charge on any atom is -0.355 e. The van der Waals surface area contributed by atoms with Crippen LogP contribution in [0.5, 0.6) is 0 Å². The maximum Gasteiger partial charge on any atom is 0.153 e. The van der Waals surface area contributed by atoms with Gasteiger partial charge >= 0.3 is 0 Å². The molecule has 84 valence electrons. The van der Waals surface area contributed by atoms with Crippen molar-refractivity contribution in [2.75, 3.05) is 18.0 Å². The average molecular weight is 216 g/mol. The number of hydrogen-bond donors (Lipinski definition) is 0. The van der Waals surface area contributed by atoms with Crippen molar-refractivity contribution in [2.24, 2.45) is 5.92 Å². The molecule has 2 aromatic rings. The van der Waals surface area contributed by atoms with Crippen molar-refractivity contribution in [2.45, 2.75) is 20.3 Å². The van der Waals surface area contributed by atoms with E-state index >= 15 is 0 Å². The number of anilines is 1. The van der Waals surface area contributed by atoms with E-state index in [-0.39, 0.29) is 0 Å². The van der Waals surface area contributed by atoms with Gasteiger partial charge in [-0.25, -0.2) is 9.50 Å².